The quantitative estimate of drug-likeness (QED) is 0.171. The molecule has 2 aliphatic carbocycles. The maximum atomic E-state index is 12.7. The summed E-state index contributed by atoms with van der Waals surface area (Å²) in [5.41, 5.74) is 2.02. The standard InChI is InChI=1S/C30H48O7/c1-7-9-11-26(34)36-19-30(6)24(37-27(35)12-10-8-2)15-16-29(5)22(14-13-20(3)17-25(32)33)21(4)18-23(31)28(29)30/h17,23-24,28,31H,7-16,18-19H2,1-6H3,(H,32,33)/b20-17+/t23-,24-,28?,29?,30+/m1/s1. The van der Waals surface area contributed by atoms with Crippen molar-refractivity contribution in [3.63, 3.8) is 0 Å². The van der Waals surface area contributed by atoms with Crippen LogP contribution in [-0.2, 0) is 23.9 Å². The van der Waals surface area contributed by atoms with E-state index in [2.05, 4.69) is 13.8 Å². The zero-order valence-corrected chi connectivity index (χ0v) is 23.7. The molecule has 7 heteroatoms. The minimum Gasteiger partial charge on any atom is -0.478 e. The molecule has 7 nitrogen and oxygen atoms in total. The number of hydrogen-bond donors (Lipinski definition) is 2. The molecule has 0 saturated heterocycles. The van der Waals surface area contributed by atoms with Crippen molar-refractivity contribution >= 4 is 17.9 Å². The lowest BCUT2D eigenvalue weighted by molar-refractivity contribution is -0.197. The molecule has 0 radical (unpaired) electrons. The van der Waals surface area contributed by atoms with Crippen LogP contribution in [0.1, 0.15) is 112 Å². The van der Waals surface area contributed by atoms with Crippen LogP contribution in [0.15, 0.2) is 22.8 Å². The molecule has 0 aromatic rings. The second-order valence-corrected chi connectivity index (χ2v) is 11.6. The number of esters is 2. The van der Waals surface area contributed by atoms with E-state index >= 15 is 0 Å². The van der Waals surface area contributed by atoms with Crippen LogP contribution in [-0.4, -0.2) is 46.9 Å². The summed E-state index contributed by atoms with van der Waals surface area (Å²) in [6, 6.07) is 0. The van der Waals surface area contributed by atoms with E-state index in [1.54, 1.807) is 0 Å². The summed E-state index contributed by atoms with van der Waals surface area (Å²) < 4.78 is 11.8. The van der Waals surface area contributed by atoms with Crippen molar-refractivity contribution in [3.8, 4) is 0 Å². The van der Waals surface area contributed by atoms with Gasteiger partial charge in [0, 0.05) is 30.3 Å². The summed E-state index contributed by atoms with van der Waals surface area (Å²) >= 11 is 0. The molecule has 0 aromatic heterocycles. The largest absolute Gasteiger partial charge is 0.478 e. The smallest absolute Gasteiger partial charge is 0.328 e. The average Bonchev–Trinajstić information content (AvgIpc) is 2.81. The number of fused-ring (bicyclic) bond motifs is 1. The van der Waals surface area contributed by atoms with Gasteiger partial charge in [-0.25, -0.2) is 4.79 Å². The highest BCUT2D eigenvalue weighted by Gasteiger charge is 2.60. The molecule has 2 N–H and O–H groups in total. The van der Waals surface area contributed by atoms with Gasteiger partial charge >= 0.3 is 17.9 Å². The van der Waals surface area contributed by atoms with Crippen molar-refractivity contribution < 1.29 is 34.1 Å². The van der Waals surface area contributed by atoms with E-state index in [-0.39, 0.29) is 29.9 Å². The van der Waals surface area contributed by atoms with E-state index in [0.717, 1.165) is 43.3 Å². The van der Waals surface area contributed by atoms with Gasteiger partial charge in [-0.3, -0.25) is 9.59 Å². The molecule has 2 unspecified atom stereocenters. The number of hydrogen-bond acceptors (Lipinski definition) is 6. The number of unbranched alkanes of at least 4 members (excludes halogenated alkanes) is 2. The molecule has 2 rings (SSSR count). The van der Waals surface area contributed by atoms with Crippen molar-refractivity contribution in [2.75, 3.05) is 6.61 Å². The lowest BCUT2D eigenvalue weighted by Crippen LogP contribution is -2.61. The predicted octanol–water partition coefficient (Wildman–Crippen LogP) is 6.14. The summed E-state index contributed by atoms with van der Waals surface area (Å²) in [6.07, 6.45) is 7.28. The Hall–Kier alpha value is -2.15. The van der Waals surface area contributed by atoms with Crippen LogP contribution in [0, 0.1) is 16.7 Å². The molecule has 0 heterocycles. The number of aliphatic hydroxyl groups excluding tert-OH is 1. The van der Waals surface area contributed by atoms with E-state index in [9.17, 15) is 19.5 Å². The molecule has 0 bridgehead atoms. The third kappa shape index (κ3) is 7.68. The van der Waals surface area contributed by atoms with Gasteiger partial charge in [0.25, 0.3) is 0 Å². The first-order valence-electron chi connectivity index (χ1n) is 14.0. The van der Waals surface area contributed by atoms with Gasteiger partial charge in [-0.1, -0.05) is 57.3 Å². The number of carboxylic acids is 1. The van der Waals surface area contributed by atoms with Crippen LogP contribution in [0.5, 0.6) is 0 Å². The first-order chi connectivity index (χ1) is 17.4. The number of rotatable bonds is 13. The molecule has 0 aliphatic heterocycles. The Morgan fingerprint density at radius 3 is 2.27 bits per heavy atom. The molecule has 210 valence electrons. The van der Waals surface area contributed by atoms with Crippen LogP contribution in [0.4, 0.5) is 0 Å². The lowest BCUT2D eigenvalue weighted by atomic mass is 9.47. The molecule has 0 spiro atoms. The molecule has 5 atom stereocenters. The summed E-state index contributed by atoms with van der Waals surface area (Å²) in [5, 5.41) is 20.6. The van der Waals surface area contributed by atoms with Crippen molar-refractivity contribution in [1.82, 2.24) is 0 Å². The highest BCUT2D eigenvalue weighted by Crippen LogP contribution is 2.61. The Morgan fingerprint density at radius 2 is 1.68 bits per heavy atom. The predicted molar refractivity (Wildman–Crippen MR) is 143 cm³/mol. The van der Waals surface area contributed by atoms with Crippen LogP contribution < -0.4 is 0 Å². The number of carbonyl (C=O) groups is 3. The van der Waals surface area contributed by atoms with Crippen LogP contribution in [0.2, 0.25) is 0 Å². The van der Waals surface area contributed by atoms with Crippen LogP contribution in [0.25, 0.3) is 0 Å². The van der Waals surface area contributed by atoms with Gasteiger partial charge in [0.05, 0.1) is 6.10 Å². The van der Waals surface area contributed by atoms with E-state index in [4.69, 9.17) is 14.6 Å². The van der Waals surface area contributed by atoms with E-state index in [1.807, 2.05) is 27.7 Å². The van der Waals surface area contributed by atoms with Crippen molar-refractivity contribution in [2.24, 2.45) is 16.7 Å². The van der Waals surface area contributed by atoms with Gasteiger partial charge in [0.15, 0.2) is 0 Å². The summed E-state index contributed by atoms with van der Waals surface area (Å²) in [6.45, 7) is 12.2. The summed E-state index contributed by atoms with van der Waals surface area (Å²) in [5.74, 6) is -1.74. The third-order valence-electron chi connectivity index (χ3n) is 8.59. The highest BCUT2D eigenvalue weighted by molar-refractivity contribution is 5.80. The van der Waals surface area contributed by atoms with E-state index < -0.39 is 23.6 Å². The minimum atomic E-state index is -0.950. The molecular formula is C30H48O7. The van der Waals surface area contributed by atoms with Crippen molar-refractivity contribution in [3.05, 3.63) is 22.8 Å². The molecule has 0 amide bonds. The van der Waals surface area contributed by atoms with Gasteiger partial charge < -0.3 is 19.7 Å². The summed E-state index contributed by atoms with van der Waals surface area (Å²) in [7, 11) is 0. The monoisotopic (exact) mass is 520 g/mol. The molecular weight excluding hydrogens is 472 g/mol. The van der Waals surface area contributed by atoms with Gasteiger partial charge in [0.1, 0.15) is 12.7 Å². The van der Waals surface area contributed by atoms with Gasteiger partial charge in [-0.15, -0.1) is 0 Å². The van der Waals surface area contributed by atoms with Crippen LogP contribution >= 0.6 is 0 Å². The van der Waals surface area contributed by atoms with E-state index in [1.165, 1.54) is 11.6 Å². The van der Waals surface area contributed by atoms with E-state index in [0.29, 0.717) is 38.5 Å². The third-order valence-corrected chi connectivity index (χ3v) is 8.59. The topological polar surface area (TPSA) is 110 Å². The molecule has 1 fully saturated rings. The molecule has 0 aromatic carbocycles. The summed E-state index contributed by atoms with van der Waals surface area (Å²) in [4.78, 5) is 36.3. The number of carbonyl (C=O) groups excluding carboxylic acids is 2. The first-order valence-corrected chi connectivity index (χ1v) is 14.0. The molecule has 37 heavy (non-hydrogen) atoms. The second kappa shape index (κ2) is 13.6. The fraction of sp³-hybridized carbons (Fsp3) is 0.767. The Bertz CT molecular complexity index is 888. The second-order valence-electron chi connectivity index (χ2n) is 11.6. The minimum absolute atomic E-state index is 0.0862. The lowest BCUT2D eigenvalue weighted by Gasteiger charge is -2.59. The Labute approximate surface area is 222 Å². The number of aliphatic hydroxyl groups is 1. The number of allylic oxidation sites excluding steroid dienone is 2. The Morgan fingerprint density at radius 1 is 1.05 bits per heavy atom. The maximum absolute atomic E-state index is 12.7. The van der Waals surface area contributed by atoms with Crippen molar-refractivity contribution in [2.45, 2.75) is 124 Å². The molecule has 2 aliphatic rings. The van der Waals surface area contributed by atoms with Crippen molar-refractivity contribution in [1.29, 1.82) is 0 Å². The van der Waals surface area contributed by atoms with Gasteiger partial charge in [-0.2, -0.15) is 0 Å². The van der Waals surface area contributed by atoms with Gasteiger partial charge in [0.2, 0.25) is 0 Å². The normalized spacial score (nSPS) is 30.0. The molecule has 1 saturated carbocycles. The highest BCUT2D eigenvalue weighted by atomic mass is 16.6. The first kappa shape index (κ1) is 31.1. The Kier molecular flexibility index (Phi) is 11.4. The Balaban J connectivity index is 2.41. The fourth-order valence-electron chi connectivity index (χ4n) is 6.74. The van der Waals surface area contributed by atoms with Gasteiger partial charge in [-0.05, 0) is 64.2 Å². The van der Waals surface area contributed by atoms with Crippen LogP contribution in [0.3, 0.4) is 0 Å². The number of ether oxygens (including phenoxy) is 2. The fourth-order valence-corrected chi connectivity index (χ4v) is 6.74. The average molecular weight is 521 g/mol. The number of aliphatic carboxylic acids is 1. The maximum Gasteiger partial charge on any atom is 0.328 e. The SMILES string of the molecule is CCCCC(=O)OC[C@]1(C)C2[C@H](O)CC(C)=C(CC/C(C)=C/C(=O)O)C2(C)CC[C@H]1OC(=O)CCCC. The zero-order chi connectivity index (χ0) is 27.8. The zero-order valence-electron chi connectivity index (χ0n) is 23.7. The number of carboxylic acid groups (broad SMARTS) is 1.